The minimum atomic E-state index is 0.585. The Balaban J connectivity index is 2.25. The van der Waals surface area contributed by atoms with Gasteiger partial charge in [0.15, 0.2) is 11.6 Å². The Kier molecular flexibility index (Phi) is 2.60. The van der Waals surface area contributed by atoms with Gasteiger partial charge >= 0.3 is 0 Å². The fourth-order valence-corrected chi connectivity index (χ4v) is 2.21. The monoisotopic (exact) mass is 251 g/mol. The number of imidazole rings is 1. The summed E-state index contributed by atoms with van der Waals surface area (Å²) in [6, 6.07) is 11.7. The maximum atomic E-state index is 9.13. The van der Waals surface area contributed by atoms with E-state index in [1.165, 1.54) is 0 Å². The lowest BCUT2D eigenvalue weighted by molar-refractivity contribution is 0.524. The molecule has 0 atom stereocenters. The van der Waals surface area contributed by atoms with Crippen LogP contribution in [0.5, 0.6) is 0 Å². The Morgan fingerprint density at radius 2 is 2.16 bits per heavy atom. The van der Waals surface area contributed by atoms with Crippen molar-refractivity contribution in [3.05, 3.63) is 41.7 Å². The van der Waals surface area contributed by atoms with Crippen molar-refractivity contribution in [3.63, 3.8) is 0 Å². The van der Waals surface area contributed by atoms with Gasteiger partial charge in [-0.2, -0.15) is 5.26 Å². The Labute approximate surface area is 110 Å². The van der Waals surface area contributed by atoms with E-state index in [1.807, 2.05) is 42.8 Å². The molecule has 0 amide bonds. The topological polar surface area (TPSA) is 54.8 Å². The zero-order valence-electron chi connectivity index (χ0n) is 10.8. The first kappa shape index (κ1) is 11.5. The van der Waals surface area contributed by atoms with Crippen LogP contribution < -0.4 is 0 Å². The number of fused-ring (bicyclic) bond motifs is 1. The summed E-state index contributed by atoms with van der Waals surface area (Å²) in [6.45, 7) is 2.05. The first-order valence-corrected chi connectivity index (χ1v) is 6.19. The van der Waals surface area contributed by atoms with Gasteiger partial charge in [0, 0.05) is 13.5 Å². The third-order valence-corrected chi connectivity index (χ3v) is 3.26. The van der Waals surface area contributed by atoms with Crippen LogP contribution >= 0.6 is 0 Å². The van der Waals surface area contributed by atoms with E-state index >= 15 is 0 Å². The minimum absolute atomic E-state index is 0.585. The molecule has 0 bridgehead atoms. The van der Waals surface area contributed by atoms with Gasteiger partial charge < -0.3 is 8.98 Å². The molecule has 4 nitrogen and oxygen atoms in total. The smallest absolute Gasteiger partial charge is 0.177 e. The number of benzene rings is 1. The molecule has 0 aliphatic rings. The van der Waals surface area contributed by atoms with Crippen molar-refractivity contribution in [1.29, 1.82) is 5.26 Å². The van der Waals surface area contributed by atoms with Crippen LogP contribution in [0.3, 0.4) is 0 Å². The average Bonchev–Trinajstić information content (AvgIpc) is 3.03. The van der Waals surface area contributed by atoms with E-state index in [0.717, 1.165) is 34.8 Å². The lowest BCUT2D eigenvalue weighted by Crippen LogP contribution is -1.90. The van der Waals surface area contributed by atoms with Gasteiger partial charge in [0.05, 0.1) is 11.1 Å². The number of rotatable bonds is 2. The maximum Gasteiger partial charge on any atom is 0.177 e. The van der Waals surface area contributed by atoms with Gasteiger partial charge in [-0.25, -0.2) is 4.98 Å². The number of aromatic nitrogens is 2. The molecule has 2 aromatic heterocycles. The minimum Gasteiger partial charge on any atom is -0.458 e. The molecule has 0 saturated heterocycles. The summed E-state index contributed by atoms with van der Waals surface area (Å²) in [7, 11) is 1.93. The lowest BCUT2D eigenvalue weighted by Gasteiger charge is -1.98. The first-order valence-electron chi connectivity index (χ1n) is 6.19. The van der Waals surface area contributed by atoms with Gasteiger partial charge in [-0.05, 0) is 24.3 Å². The fourth-order valence-electron chi connectivity index (χ4n) is 2.21. The summed E-state index contributed by atoms with van der Waals surface area (Å²) >= 11 is 0. The number of aryl methyl sites for hydroxylation is 2. The van der Waals surface area contributed by atoms with Gasteiger partial charge in [0.1, 0.15) is 17.3 Å². The zero-order valence-corrected chi connectivity index (χ0v) is 10.8. The number of nitrogens with zero attached hydrogens (tertiary/aromatic N) is 3. The van der Waals surface area contributed by atoms with Crippen LogP contribution in [0.4, 0.5) is 0 Å². The molecule has 0 fully saturated rings. The molecule has 0 radical (unpaired) electrons. The Hall–Kier alpha value is -2.54. The quantitative estimate of drug-likeness (QED) is 0.702. The molecular weight excluding hydrogens is 238 g/mol. The van der Waals surface area contributed by atoms with Crippen LogP contribution in [0.2, 0.25) is 0 Å². The molecule has 0 saturated carbocycles. The number of nitriles is 1. The van der Waals surface area contributed by atoms with E-state index in [9.17, 15) is 0 Å². The SMILES string of the molecule is CCc1ccc(-c2nc3c(C#N)cccc3n2C)o1. The molecule has 1 aromatic carbocycles. The molecule has 19 heavy (non-hydrogen) atoms. The predicted molar refractivity (Wildman–Crippen MR) is 72.5 cm³/mol. The number of hydrogen-bond donors (Lipinski definition) is 0. The second-order valence-electron chi connectivity index (χ2n) is 4.40. The van der Waals surface area contributed by atoms with Crippen LogP contribution in [0.1, 0.15) is 18.2 Å². The molecule has 0 unspecified atom stereocenters. The number of para-hydroxylation sites is 1. The van der Waals surface area contributed by atoms with Crippen molar-refractivity contribution in [2.24, 2.45) is 7.05 Å². The molecule has 0 spiro atoms. The van der Waals surface area contributed by atoms with Gasteiger partial charge in [-0.1, -0.05) is 13.0 Å². The third-order valence-electron chi connectivity index (χ3n) is 3.26. The van der Waals surface area contributed by atoms with Crippen molar-refractivity contribution in [3.8, 4) is 17.7 Å². The van der Waals surface area contributed by atoms with Gasteiger partial charge in [-0.3, -0.25) is 0 Å². The van der Waals surface area contributed by atoms with Crippen LogP contribution in [-0.2, 0) is 13.5 Å². The number of hydrogen-bond acceptors (Lipinski definition) is 3. The highest BCUT2D eigenvalue weighted by Gasteiger charge is 2.15. The van der Waals surface area contributed by atoms with Crippen LogP contribution in [-0.4, -0.2) is 9.55 Å². The lowest BCUT2D eigenvalue weighted by atomic mass is 10.2. The standard InChI is InChI=1S/C15H13N3O/c1-3-11-7-8-13(19-11)15-17-14-10(9-16)5-4-6-12(14)18(15)2/h4-8H,3H2,1-2H3. The molecule has 2 heterocycles. The summed E-state index contributed by atoms with van der Waals surface area (Å²) in [6.07, 6.45) is 0.855. The summed E-state index contributed by atoms with van der Waals surface area (Å²) in [5, 5.41) is 9.13. The molecule has 94 valence electrons. The van der Waals surface area contributed by atoms with Crippen molar-refractivity contribution >= 4 is 11.0 Å². The van der Waals surface area contributed by atoms with E-state index < -0.39 is 0 Å². The molecule has 0 aliphatic carbocycles. The highest BCUT2D eigenvalue weighted by Crippen LogP contribution is 2.27. The van der Waals surface area contributed by atoms with Crippen molar-refractivity contribution in [1.82, 2.24) is 9.55 Å². The Morgan fingerprint density at radius 1 is 1.32 bits per heavy atom. The van der Waals surface area contributed by atoms with Crippen molar-refractivity contribution in [2.75, 3.05) is 0 Å². The van der Waals surface area contributed by atoms with E-state index in [0.29, 0.717) is 5.56 Å². The van der Waals surface area contributed by atoms with Gasteiger partial charge in [-0.15, -0.1) is 0 Å². The third kappa shape index (κ3) is 1.71. The highest BCUT2D eigenvalue weighted by atomic mass is 16.3. The fraction of sp³-hybridized carbons (Fsp3) is 0.200. The van der Waals surface area contributed by atoms with Gasteiger partial charge in [0.2, 0.25) is 0 Å². The Bertz CT molecular complexity index is 789. The van der Waals surface area contributed by atoms with Crippen LogP contribution in [0.15, 0.2) is 34.7 Å². The van der Waals surface area contributed by atoms with Crippen LogP contribution in [0.25, 0.3) is 22.6 Å². The van der Waals surface area contributed by atoms with E-state index in [-0.39, 0.29) is 0 Å². The highest BCUT2D eigenvalue weighted by molar-refractivity contribution is 5.84. The maximum absolute atomic E-state index is 9.13. The van der Waals surface area contributed by atoms with E-state index in [4.69, 9.17) is 9.68 Å². The number of furan rings is 1. The molecule has 0 N–H and O–H groups in total. The molecule has 0 aliphatic heterocycles. The van der Waals surface area contributed by atoms with E-state index in [2.05, 4.69) is 11.1 Å². The normalized spacial score (nSPS) is 10.8. The Morgan fingerprint density at radius 3 is 2.84 bits per heavy atom. The first-order chi connectivity index (χ1) is 9.24. The average molecular weight is 251 g/mol. The molecule has 3 rings (SSSR count). The molecule has 3 aromatic rings. The van der Waals surface area contributed by atoms with Crippen molar-refractivity contribution in [2.45, 2.75) is 13.3 Å². The van der Waals surface area contributed by atoms with E-state index in [1.54, 1.807) is 6.07 Å². The van der Waals surface area contributed by atoms with Crippen molar-refractivity contribution < 1.29 is 4.42 Å². The summed E-state index contributed by atoms with van der Waals surface area (Å²) in [5.41, 5.74) is 2.24. The van der Waals surface area contributed by atoms with Crippen LogP contribution in [0, 0.1) is 11.3 Å². The predicted octanol–water partition coefficient (Wildman–Crippen LogP) is 3.27. The summed E-state index contributed by atoms with van der Waals surface area (Å²) in [5.74, 6) is 2.42. The molecule has 4 heteroatoms. The van der Waals surface area contributed by atoms with Gasteiger partial charge in [0.25, 0.3) is 0 Å². The summed E-state index contributed by atoms with van der Waals surface area (Å²) < 4.78 is 7.69. The largest absolute Gasteiger partial charge is 0.458 e. The zero-order chi connectivity index (χ0) is 13.4. The second kappa shape index (κ2) is 4.29. The second-order valence-corrected chi connectivity index (χ2v) is 4.40. The molecular formula is C15H13N3O. The summed E-state index contributed by atoms with van der Waals surface area (Å²) in [4.78, 5) is 4.55.